The SMILES string of the molecule is CC(C)(C)CCN1CC[C@H]2OCCN(C(=O)c3ccncc3)[C@@H]2C1. The molecular formula is C19H29N3O2. The fourth-order valence-corrected chi connectivity index (χ4v) is 3.55. The molecule has 0 unspecified atom stereocenters. The van der Waals surface area contributed by atoms with E-state index in [1.807, 2.05) is 4.90 Å². The number of hydrogen-bond donors (Lipinski definition) is 0. The van der Waals surface area contributed by atoms with Gasteiger partial charge >= 0.3 is 0 Å². The van der Waals surface area contributed by atoms with E-state index in [-0.39, 0.29) is 18.1 Å². The number of aromatic nitrogens is 1. The molecule has 0 spiro atoms. The van der Waals surface area contributed by atoms with E-state index in [1.165, 1.54) is 6.42 Å². The van der Waals surface area contributed by atoms with Crippen LogP contribution in [0.25, 0.3) is 0 Å². The summed E-state index contributed by atoms with van der Waals surface area (Å²) >= 11 is 0. The number of ether oxygens (including phenoxy) is 1. The molecule has 5 heteroatoms. The molecule has 0 N–H and O–H groups in total. The molecule has 1 aromatic heterocycles. The van der Waals surface area contributed by atoms with E-state index < -0.39 is 0 Å². The maximum absolute atomic E-state index is 12.9. The van der Waals surface area contributed by atoms with E-state index >= 15 is 0 Å². The molecule has 2 atom stereocenters. The van der Waals surface area contributed by atoms with Crippen molar-refractivity contribution in [1.82, 2.24) is 14.8 Å². The van der Waals surface area contributed by atoms with Crippen molar-refractivity contribution in [2.45, 2.75) is 45.8 Å². The standard InChI is InChI=1S/C19H29N3O2/c1-19(2,3)7-11-21-10-6-17-16(14-21)22(12-13-24-17)18(23)15-4-8-20-9-5-15/h4-5,8-9,16-17H,6-7,10-14H2,1-3H3/t16-,17-/m1/s1. The molecule has 0 saturated carbocycles. The Labute approximate surface area is 145 Å². The monoisotopic (exact) mass is 331 g/mol. The van der Waals surface area contributed by atoms with Crippen molar-refractivity contribution in [3.8, 4) is 0 Å². The number of piperidine rings is 1. The Hall–Kier alpha value is -1.46. The maximum Gasteiger partial charge on any atom is 0.254 e. The number of carbonyl (C=O) groups excluding carboxylic acids is 1. The molecule has 1 amide bonds. The topological polar surface area (TPSA) is 45.7 Å². The van der Waals surface area contributed by atoms with Crippen LogP contribution >= 0.6 is 0 Å². The van der Waals surface area contributed by atoms with Crippen LogP contribution in [-0.2, 0) is 4.74 Å². The zero-order chi connectivity index (χ0) is 17.2. The lowest BCUT2D eigenvalue weighted by molar-refractivity contribution is -0.0909. The van der Waals surface area contributed by atoms with Gasteiger partial charge < -0.3 is 14.5 Å². The Morgan fingerprint density at radius 1 is 1.29 bits per heavy atom. The quantitative estimate of drug-likeness (QED) is 0.853. The Morgan fingerprint density at radius 3 is 2.75 bits per heavy atom. The van der Waals surface area contributed by atoms with Crippen molar-refractivity contribution in [3.63, 3.8) is 0 Å². The number of morpholine rings is 1. The highest BCUT2D eigenvalue weighted by Crippen LogP contribution is 2.26. The molecule has 24 heavy (non-hydrogen) atoms. The normalized spacial score (nSPS) is 25.4. The predicted octanol–water partition coefficient (Wildman–Crippen LogP) is 2.43. The molecule has 0 bridgehead atoms. The van der Waals surface area contributed by atoms with Gasteiger partial charge in [-0.05, 0) is 36.9 Å². The van der Waals surface area contributed by atoms with Crippen molar-refractivity contribution in [2.75, 3.05) is 32.8 Å². The minimum absolute atomic E-state index is 0.105. The summed E-state index contributed by atoms with van der Waals surface area (Å²) in [7, 11) is 0. The fourth-order valence-electron chi connectivity index (χ4n) is 3.55. The molecule has 2 saturated heterocycles. The Bertz CT molecular complexity index is 555. The summed E-state index contributed by atoms with van der Waals surface area (Å²) in [5.41, 5.74) is 1.06. The first-order valence-corrected chi connectivity index (χ1v) is 8.99. The lowest BCUT2D eigenvalue weighted by Crippen LogP contribution is -2.61. The van der Waals surface area contributed by atoms with Crippen molar-refractivity contribution in [3.05, 3.63) is 30.1 Å². The molecule has 2 fully saturated rings. The molecule has 0 aromatic carbocycles. The number of rotatable bonds is 3. The number of pyridine rings is 1. The lowest BCUT2D eigenvalue weighted by atomic mass is 9.91. The molecule has 132 valence electrons. The first kappa shape index (κ1) is 17.4. The second-order valence-corrected chi connectivity index (χ2v) is 8.11. The van der Waals surface area contributed by atoms with Crippen molar-refractivity contribution >= 4 is 5.91 Å². The van der Waals surface area contributed by atoms with Crippen LogP contribution in [0.2, 0.25) is 0 Å². The molecule has 2 aliphatic heterocycles. The molecule has 5 nitrogen and oxygen atoms in total. The van der Waals surface area contributed by atoms with Gasteiger partial charge in [-0.15, -0.1) is 0 Å². The minimum Gasteiger partial charge on any atom is -0.374 e. The third kappa shape index (κ3) is 4.14. The van der Waals surface area contributed by atoms with Crippen molar-refractivity contribution < 1.29 is 9.53 Å². The van der Waals surface area contributed by atoms with Gasteiger partial charge in [0.15, 0.2) is 0 Å². The van der Waals surface area contributed by atoms with E-state index in [0.717, 1.165) is 31.6 Å². The highest BCUT2D eigenvalue weighted by molar-refractivity contribution is 5.94. The molecule has 3 heterocycles. The van der Waals surface area contributed by atoms with Crippen LogP contribution in [0.3, 0.4) is 0 Å². The highest BCUT2D eigenvalue weighted by Gasteiger charge is 2.39. The van der Waals surface area contributed by atoms with Gasteiger partial charge in [-0.3, -0.25) is 9.78 Å². The second kappa shape index (κ2) is 7.19. The summed E-state index contributed by atoms with van der Waals surface area (Å²) in [5.74, 6) is 0.105. The molecule has 2 aliphatic rings. The van der Waals surface area contributed by atoms with E-state index in [2.05, 4.69) is 30.7 Å². The Balaban J connectivity index is 1.68. The summed E-state index contributed by atoms with van der Waals surface area (Å²) < 4.78 is 5.96. The number of nitrogens with zero attached hydrogens (tertiary/aromatic N) is 3. The molecule has 1 aromatic rings. The third-order valence-corrected chi connectivity index (χ3v) is 5.03. The minimum atomic E-state index is 0.105. The van der Waals surface area contributed by atoms with Gasteiger partial charge in [-0.1, -0.05) is 20.8 Å². The van der Waals surface area contributed by atoms with Gasteiger partial charge in [0, 0.05) is 37.6 Å². The van der Waals surface area contributed by atoms with E-state index in [1.54, 1.807) is 24.5 Å². The van der Waals surface area contributed by atoms with Gasteiger partial charge in [-0.2, -0.15) is 0 Å². The Kier molecular flexibility index (Phi) is 5.21. The zero-order valence-electron chi connectivity index (χ0n) is 15.1. The summed E-state index contributed by atoms with van der Waals surface area (Å²) in [5, 5.41) is 0. The summed E-state index contributed by atoms with van der Waals surface area (Å²) in [6.07, 6.45) is 5.72. The van der Waals surface area contributed by atoms with Gasteiger partial charge in [0.05, 0.1) is 18.8 Å². The molecule has 3 rings (SSSR count). The van der Waals surface area contributed by atoms with Crippen LogP contribution in [0, 0.1) is 5.41 Å². The summed E-state index contributed by atoms with van der Waals surface area (Å²) in [6.45, 7) is 11.2. The molecular weight excluding hydrogens is 302 g/mol. The van der Waals surface area contributed by atoms with Crippen LogP contribution in [0.1, 0.15) is 44.0 Å². The van der Waals surface area contributed by atoms with Gasteiger partial charge in [0.25, 0.3) is 5.91 Å². The lowest BCUT2D eigenvalue weighted by Gasteiger charge is -2.47. The number of carbonyl (C=O) groups is 1. The zero-order valence-corrected chi connectivity index (χ0v) is 15.1. The third-order valence-electron chi connectivity index (χ3n) is 5.03. The van der Waals surface area contributed by atoms with Crippen LogP contribution < -0.4 is 0 Å². The smallest absolute Gasteiger partial charge is 0.254 e. The Morgan fingerprint density at radius 2 is 2.04 bits per heavy atom. The van der Waals surface area contributed by atoms with Gasteiger partial charge in [0.2, 0.25) is 0 Å². The maximum atomic E-state index is 12.9. The van der Waals surface area contributed by atoms with Gasteiger partial charge in [0.1, 0.15) is 0 Å². The van der Waals surface area contributed by atoms with E-state index in [4.69, 9.17) is 4.74 Å². The van der Waals surface area contributed by atoms with Crippen molar-refractivity contribution in [2.24, 2.45) is 5.41 Å². The number of amides is 1. The largest absolute Gasteiger partial charge is 0.374 e. The molecule has 0 radical (unpaired) electrons. The van der Waals surface area contributed by atoms with Crippen LogP contribution in [0.5, 0.6) is 0 Å². The van der Waals surface area contributed by atoms with Crippen LogP contribution in [0.4, 0.5) is 0 Å². The highest BCUT2D eigenvalue weighted by atomic mass is 16.5. The first-order chi connectivity index (χ1) is 11.4. The first-order valence-electron chi connectivity index (χ1n) is 8.99. The van der Waals surface area contributed by atoms with Crippen molar-refractivity contribution in [1.29, 1.82) is 0 Å². The van der Waals surface area contributed by atoms with Crippen LogP contribution in [0.15, 0.2) is 24.5 Å². The van der Waals surface area contributed by atoms with E-state index in [0.29, 0.717) is 18.6 Å². The number of likely N-dealkylation sites (tertiary alicyclic amines) is 1. The second-order valence-electron chi connectivity index (χ2n) is 8.11. The fraction of sp³-hybridized carbons (Fsp3) is 0.684. The average Bonchev–Trinajstić information content (AvgIpc) is 2.59. The van der Waals surface area contributed by atoms with E-state index in [9.17, 15) is 4.79 Å². The molecule has 0 aliphatic carbocycles. The summed E-state index contributed by atoms with van der Waals surface area (Å²) in [4.78, 5) is 21.4. The van der Waals surface area contributed by atoms with Crippen LogP contribution in [-0.4, -0.2) is 65.6 Å². The summed E-state index contributed by atoms with van der Waals surface area (Å²) in [6, 6.07) is 3.76. The average molecular weight is 331 g/mol. The number of fused-ring (bicyclic) bond motifs is 1. The number of hydrogen-bond acceptors (Lipinski definition) is 4. The van der Waals surface area contributed by atoms with Gasteiger partial charge in [-0.25, -0.2) is 0 Å². The predicted molar refractivity (Wildman–Crippen MR) is 93.9 cm³/mol.